The van der Waals surface area contributed by atoms with Crippen molar-refractivity contribution in [1.29, 1.82) is 0 Å². The lowest BCUT2D eigenvalue weighted by atomic mass is 9.85. The van der Waals surface area contributed by atoms with Crippen LogP contribution in [0.15, 0.2) is 0 Å². The minimum atomic E-state index is -3.11. The molecule has 3 unspecified atom stereocenters. The Balaban J connectivity index is 0.00000225. The van der Waals surface area contributed by atoms with Gasteiger partial charge < -0.3 is 10.6 Å². The molecule has 0 bridgehead atoms. The molecule has 2 heterocycles. The Morgan fingerprint density at radius 2 is 1.84 bits per heavy atom. The fourth-order valence-corrected chi connectivity index (χ4v) is 6.03. The van der Waals surface area contributed by atoms with Crippen LogP contribution in [0, 0.1) is 5.92 Å². The zero-order valence-electron chi connectivity index (χ0n) is 15.1. The molecular weight excluding hydrogens is 362 g/mol. The SMILES string of the molecule is CCCS(=O)(=O)N1CCC(NC(=O)C2CC3CCCCC3N2)CC1.Cl. The molecule has 25 heavy (non-hydrogen) atoms. The van der Waals surface area contributed by atoms with E-state index in [2.05, 4.69) is 10.6 Å². The Morgan fingerprint density at radius 1 is 1.16 bits per heavy atom. The molecule has 3 atom stereocenters. The van der Waals surface area contributed by atoms with Gasteiger partial charge in [0.05, 0.1) is 11.8 Å². The number of carbonyl (C=O) groups is 1. The van der Waals surface area contributed by atoms with Gasteiger partial charge in [0.15, 0.2) is 0 Å². The number of nitrogens with one attached hydrogen (secondary N) is 2. The predicted molar refractivity (Wildman–Crippen MR) is 101 cm³/mol. The number of piperidine rings is 1. The van der Waals surface area contributed by atoms with E-state index in [1.54, 1.807) is 4.31 Å². The van der Waals surface area contributed by atoms with E-state index in [0.717, 1.165) is 6.42 Å². The highest BCUT2D eigenvalue weighted by Crippen LogP contribution is 2.33. The molecule has 0 spiro atoms. The van der Waals surface area contributed by atoms with E-state index in [-0.39, 0.29) is 36.2 Å². The lowest BCUT2D eigenvalue weighted by Crippen LogP contribution is -2.51. The topological polar surface area (TPSA) is 78.5 Å². The summed E-state index contributed by atoms with van der Waals surface area (Å²) in [5.41, 5.74) is 0. The van der Waals surface area contributed by atoms with Gasteiger partial charge in [0.1, 0.15) is 0 Å². The molecule has 6 nitrogen and oxygen atoms in total. The van der Waals surface area contributed by atoms with Crippen LogP contribution in [-0.2, 0) is 14.8 Å². The molecule has 1 amide bonds. The lowest BCUT2D eigenvalue weighted by Gasteiger charge is -2.32. The lowest BCUT2D eigenvalue weighted by molar-refractivity contribution is -0.123. The number of carbonyl (C=O) groups excluding carboxylic acids is 1. The van der Waals surface area contributed by atoms with Crippen LogP contribution in [0.3, 0.4) is 0 Å². The van der Waals surface area contributed by atoms with Crippen LogP contribution in [0.2, 0.25) is 0 Å². The van der Waals surface area contributed by atoms with Crippen LogP contribution in [0.1, 0.15) is 58.3 Å². The normalized spacial score (nSPS) is 31.2. The van der Waals surface area contributed by atoms with Crippen molar-refractivity contribution < 1.29 is 13.2 Å². The van der Waals surface area contributed by atoms with Crippen LogP contribution >= 0.6 is 12.4 Å². The first-order valence-electron chi connectivity index (χ1n) is 9.54. The van der Waals surface area contributed by atoms with Crippen LogP contribution in [0.4, 0.5) is 0 Å². The summed E-state index contributed by atoms with van der Waals surface area (Å²) in [5, 5.41) is 6.67. The van der Waals surface area contributed by atoms with Gasteiger partial charge in [-0.25, -0.2) is 12.7 Å². The summed E-state index contributed by atoms with van der Waals surface area (Å²) >= 11 is 0. The van der Waals surface area contributed by atoms with Crippen molar-refractivity contribution in [2.45, 2.75) is 76.4 Å². The van der Waals surface area contributed by atoms with Crippen molar-refractivity contribution in [3.8, 4) is 0 Å². The third-order valence-electron chi connectivity index (χ3n) is 5.84. The zero-order chi connectivity index (χ0) is 17.2. The van der Waals surface area contributed by atoms with Gasteiger partial charge in [-0.05, 0) is 44.4 Å². The van der Waals surface area contributed by atoms with E-state index >= 15 is 0 Å². The van der Waals surface area contributed by atoms with Gasteiger partial charge in [0.25, 0.3) is 0 Å². The maximum Gasteiger partial charge on any atom is 0.237 e. The predicted octanol–water partition coefficient (Wildman–Crippen LogP) is 1.65. The summed E-state index contributed by atoms with van der Waals surface area (Å²) in [6.45, 7) is 2.93. The Bertz CT molecular complexity index is 535. The molecule has 146 valence electrons. The molecule has 0 radical (unpaired) electrons. The van der Waals surface area contributed by atoms with E-state index in [1.807, 2.05) is 6.92 Å². The van der Waals surface area contributed by atoms with E-state index in [4.69, 9.17) is 0 Å². The second kappa shape index (κ2) is 9.02. The van der Waals surface area contributed by atoms with Crippen molar-refractivity contribution in [2.24, 2.45) is 5.92 Å². The number of sulfonamides is 1. The van der Waals surface area contributed by atoms with Gasteiger partial charge >= 0.3 is 0 Å². The Hall–Kier alpha value is -0.370. The first kappa shape index (κ1) is 20.9. The van der Waals surface area contributed by atoms with Gasteiger partial charge in [-0.2, -0.15) is 0 Å². The van der Waals surface area contributed by atoms with Crippen LogP contribution in [0.25, 0.3) is 0 Å². The average molecular weight is 394 g/mol. The van der Waals surface area contributed by atoms with Crippen LogP contribution < -0.4 is 10.6 Å². The quantitative estimate of drug-likeness (QED) is 0.744. The highest BCUT2D eigenvalue weighted by atomic mass is 35.5. The zero-order valence-corrected chi connectivity index (χ0v) is 16.7. The number of nitrogens with zero attached hydrogens (tertiary/aromatic N) is 1. The standard InChI is InChI=1S/C17H31N3O3S.ClH/c1-2-11-24(22,23)20-9-7-14(8-10-20)18-17(21)16-12-13-5-3-4-6-15(13)19-16;/h13-16,19H,2-12H2,1H3,(H,18,21);1H. The smallest absolute Gasteiger partial charge is 0.237 e. The fraction of sp³-hybridized carbons (Fsp3) is 0.941. The van der Waals surface area contributed by atoms with Crippen molar-refractivity contribution in [2.75, 3.05) is 18.8 Å². The molecule has 3 fully saturated rings. The van der Waals surface area contributed by atoms with E-state index in [1.165, 1.54) is 25.7 Å². The van der Waals surface area contributed by atoms with Crippen molar-refractivity contribution in [1.82, 2.24) is 14.9 Å². The highest BCUT2D eigenvalue weighted by Gasteiger charge is 2.39. The number of hydrogen-bond donors (Lipinski definition) is 2. The number of hydrogen-bond acceptors (Lipinski definition) is 4. The summed E-state index contributed by atoms with van der Waals surface area (Å²) in [5.74, 6) is 0.994. The molecular formula is C17H32ClN3O3S. The number of rotatable bonds is 5. The first-order chi connectivity index (χ1) is 11.5. The maximum absolute atomic E-state index is 12.5. The fourth-order valence-electron chi connectivity index (χ4n) is 4.49. The molecule has 2 saturated heterocycles. The van der Waals surface area contributed by atoms with Crippen molar-refractivity contribution in [3.05, 3.63) is 0 Å². The van der Waals surface area contributed by atoms with Gasteiger partial charge in [-0.1, -0.05) is 19.8 Å². The molecule has 1 saturated carbocycles. The minimum absolute atomic E-state index is 0. The van der Waals surface area contributed by atoms with Gasteiger partial charge in [0.2, 0.25) is 15.9 Å². The summed E-state index contributed by atoms with van der Waals surface area (Å²) < 4.78 is 25.8. The number of fused-ring (bicyclic) bond motifs is 1. The monoisotopic (exact) mass is 393 g/mol. The Kier molecular flexibility index (Phi) is 7.55. The Morgan fingerprint density at radius 3 is 2.48 bits per heavy atom. The third-order valence-corrected chi connectivity index (χ3v) is 7.91. The minimum Gasteiger partial charge on any atom is -0.352 e. The average Bonchev–Trinajstić information content (AvgIpc) is 2.99. The molecule has 2 N–H and O–H groups in total. The second-order valence-electron chi connectivity index (χ2n) is 7.60. The highest BCUT2D eigenvalue weighted by molar-refractivity contribution is 7.89. The van der Waals surface area contributed by atoms with E-state index in [0.29, 0.717) is 44.3 Å². The molecule has 2 aliphatic heterocycles. The van der Waals surface area contributed by atoms with Crippen molar-refractivity contribution in [3.63, 3.8) is 0 Å². The second-order valence-corrected chi connectivity index (χ2v) is 9.69. The molecule has 0 aromatic rings. The van der Waals surface area contributed by atoms with E-state index in [9.17, 15) is 13.2 Å². The number of halogens is 1. The van der Waals surface area contributed by atoms with Crippen molar-refractivity contribution >= 4 is 28.3 Å². The Labute approximate surface area is 157 Å². The largest absolute Gasteiger partial charge is 0.352 e. The van der Waals surface area contributed by atoms with Gasteiger partial charge in [-0.15, -0.1) is 12.4 Å². The summed E-state index contributed by atoms with van der Waals surface area (Å²) in [7, 11) is -3.11. The third kappa shape index (κ3) is 5.08. The van der Waals surface area contributed by atoms with Crippen LogP contribution in [0.5, 0.6) is 0 Å². The van der Waals surface area contributed by atoms with E-state index < -0.39 is 10.0 Å². The van der Waals surface area contributed by atoms with Gasteiger partial charge in [-0.3, -0.25) is 4.79 Å². The van der Waals surface area contributed by atoms with Gasteiger partial charge in [0, 0.05) is 25.2 Å². The molecule has 8 heteroatoms. The molecule has 1 aliphatic carbocycles. The molecule has 3 rings (SSSR count). The summed E-state index contributed by atoms with van der Waals surface area (Å²) in [6.07, 6.45) is 8.05. The first-order valence-corrected chi connectivity index (χ1v) is 11.1. The van der Waals surface area contributed by atoms with Crippen LogP contribution in [-0.4, -0.2) is 55.6 Å². The molecule has 0 aromatic carbocycles. The molecule has 3 aliphatic rings. The summed E-state index contributed by atoms with van der Waals surface area (Å²) in [4.78, 5) is 12.5. The molecule has 0 aromatic heterocycles. The maximum atomic E-state index is 12.5. The summed E-state index contributed by atoms with van der Waals surface area (Å²) in [6, 6.07) is 0.575. The number of amides is 1.